The fraction of sp³-hybridized carbons (Fsp3) is 0.917. The molecule has 1 aliphatic rings. The molecule has 1 aliphatic carbocycles. The highest BCUT2D eigenvalue weighted by Crippen LogP contribution is 2.40. The SMILES string of the molecule is CC(C)(C)S(=O)(=O)CC1(C(=O)N=[N+]=[N-])CCCCC1. The predicted molar refractivity (Wildman–Crippen MR) is 73.2 cm³/mol. The lowest BCUT2D eigenvalue weighted by molar-refractivity contribution is -0.128. The van der Waals surface area contributed by atoms with Gasteiger partial charge in [-0.05, 0) is 44.3 Å². The lowest BCUT2D eigenvalue weighted by Gasteiger charge is -2.36. The van der Waals surface area contributed by atoms with Gasteiger partial charge >= 0.3 is 0 Å². The van der Waals surface area contributed by atoms with Crippen LogP contribution < -0.4 is 0 Å². The second kappa shape index (κ2) is 5.51. The van der Waals surface area contributed by atoms with E-state index in [1.165, 1.54) is 0 Å². The molecule has 1 saturated carbocycles. The summed E-state index contributed by atoms with van der Waals surface area (Å²) in [7, 11) is -3.42. The van der Waals surface area contributed by atoms with Crippen LogP contribution in [0.2, 0.25) is 0 Å². The van der Waals surface area contributed by atoms with E-state index in [0.29, 0.717) is 12.8 Å². The molecular weight excluding hydrogens is 266 g/mol. The molecule has 0 spiro atoms. The van der Waals surface area contributed by atoms with Crippen molar-refractivity contribution in [3.63, 3.8) is 0 Å². The van der Waals surface area contributed by atoms with E-state index < -0.39 is 25.9 Å². The molecule has 0 bridgehead atoms. The van der Waals surface area contributed by atoms with Gasteiger partial charge in [0.05, 0.1) is 10.5 Å². The highest BCUT2D eigenvalue weighted by atomic mass is 32.2. The first-order valence-corrected chi connectivity index (χ1v) is 8.12. The molecule has 0 radical (unpaired) electrons. The minimum Gasteiger partial charge on any atom is -0.292 e. The van der Waals surface area contributed by atoms with E-state index in [1.807, 2.05) is 0 Å². The Balaban J connectivity index is 3.13. The Morgan fingerprint density at radius 2 is 1.79 bits per heavy atom. The average Bonchev–Trinajstić information content (AvgIpc) is 2.28. The summed E-state index contributed by atoms with van der Waals surface area (Å²) in [5, 5.41) is 3.16. The van der Waals surface area contributed by atoms with E-state index in [2.05, 4.69) is 10.0 Å². The van der Waals surface area contributed by atoms with Crippen molar-refractivity contribution in [2.45, 2.75) is 57.6 Å². The topological polar surface area (TPSA) is 100.0 Å². The summed E-state index contributed by atoms with van der Waals surface area (Å²) in [5.74, 6) is -0.844. The molecule has 19 heavy (non-hydrogen) atoms. The molecule has 0 aromatic rings. The summed E-state index contributed by atoms with van der Waals surface area (Å²) < 4.78 is 23.8. The molecular formula is C12H21N3O3S. The van der Waals surface area contributed by atoms with Gasteiger partial charge in [-0.3, -0.25) is 4.79 Å². The minimum atomic E-state index is -3.42. The number of nitrogens with zero attached hydrogens (tertiary/aromatic N) is 3. The Labute approximate surface area is 114 Å². The highest BCUT2D eigenvalue weighted by molar-refractivity contribution is 7.92. The average molecular weight is 287 g/mol. The maximum atomic E-state index is 12.3. The van der Waals surface area contributed by atoms with Crippen LogP contribution in [0.15, 0.2) is 5.11 Å². The largest absolute Gasteiger partial charge is 0.292 e. The molecule has 0 aromatic heterocycles. The Morgan fingerprint density at radius 3 is 2.21 bits per heavy atom. The molecule has 0 unspecified atom stereocenters. The van der Waals surface area contributed by atoms with Gasteiger partial charge in [-0.25, -0.2) is 8.42 Å². The Morgan fingerprint density at radius 1 is 1.26 bits per heavy atom. The van der Waals surface area contributed by atoms with Crippen molar-refractivity contribution in [1.29, 1.82) is 0 Å². The van der Waals surface area contributed by atoms with Crippen LogP contribution in [0.3, 0.4) is 0 Å². The van der Waals surface area contributed by atoms with Crippen molar-refractivity contribution in [3.05, 3.63) is 10.4 Å². The summed E-state index contributed by atoms with van der Waals surface area (Å²) in [6.45, 7) is 4.87. The zero-order valence-corrected chi connectivity index (χ0v) is 12.5. The fourth-order valence-electron chi connectivity index (χ4n) is 2.38. The monoisotopic (exact) mass is 287 g/mol. The molecule has 1 amide bonds. The zero-order valence-electron chi connectivity index (χ0n) is 11.7. The highest BCUT2D eigenvalue weighted by Gasteiger charge is 2.45. The van der Waals surface area contributed by atoms with Crippen LogP contribution in [-0.2, 0) is 14.6 Å². The normalized spacial score (nSPS) is 19.5. The molecule has 0 aromatic carbocycles. The molecule has 6 nitrogen and oxygen atoms in total. The number of hydrogen-bond donors (Lipinski definition) is 0. The van der Waals surface area contributed by atoms with Crippen molar-refractivity contribution >= 4 is 15.7 Å². The number of amides is 1. The van der Waals surface area contributed by atoms with Crippen LogP contribution in [0, 0.1) is 5.41 Å². The fourth-order valence-corrected chi connectivity index (χ4v) is 3.95. The third-order valence-electron chi connectivity index (χ3n) is 3.80. The number of carbonyl (C=O) groups excluding carboxylic acids is 1. The van der Waals surface area contributed by atoms with E-state index in [9.17, 15) is 13.2 Å². The van der Waals surface area contributed by atoms with Crippen molar-refractivity contribution < 1.29 is 13.2 Å². The predicted octanol–water partition coefficient (Wildman–Crippen LogP) is 2.99. The van der Waals surface area contributed by atoms with Gasteiger partial charge in [0.15, 0.2) is 9.84 Å². The van der Waals surface area contributed by atoms with E-state index in [-0.39, 0.29) is 5.75 Å². The van der Waals surface area contributed by atoms with Crippen molar-refractivity contribution in [3.8, 4) is 0 Å². The van der Waals surface area contributed by atoms with Gasteiger partial charge < -0.3 is 0 Å². The Bertz CT molecular complexity index is 493. The van der Waals surface area contributed by atoms with Crippen LogP contribution in [0.1, 0.15) is 52.9 Å². The van der Waals surface area contributed by atoms with Gasteiger partial charge in [-0.1, -0.05) is 19.3 Å². The van der Waals surface area contributed by atoms with Gasteiger partial charge in [0.2, 0.25) is 5.91 Å². The molecule has 108 valence electrons. The van der Waals surface area contributed by atoms with Crippen molar-refractivity contribution in [1.82, 2.24) is 0 Å². The summed E-state index contributed by atoms with van der Waals surface area (Å²) in [4.78, 5) is 14.6. The third kappa shape index (κ3) is 3.48. The summed E-state index contributed by atoms with van der Waals surface area (Å²) in [5.41, 5.74) is 7.41. The number of carbonyl (C=O) groups is 1. The summed E-state index contributed by atoms with van der Waals surface area (Å²) in [6, 6.07) is 0. The van der Waals surface area contributed by atoms with Crippen LogP contribution in [-0.4, -0.2) is 24.8 Å². The van der Waals surface area contributed by atoms with Gasteiger partial charge in [-0.2, -0.15) is 0 Å². The lowest BCUT2D eigenvalue weighted by Crippen LogP contribution is -2.44. The van der Waals surface area contributed by atoms with Crippen LogP contribution in [0.4, 0.5) is 0 Å². The van der Waals surface area contributed by atoms with Gasteiger partial charge in [0.25, 0.3) is 0 Å². The molecule has 1 fully saturated rings. The Hall–Kier alpha value is -1.07. The smallest absolute Gasteiger partial charge is 0.226 e. The number of sulfone groups is 1. The lowest BCUT2D eigenvalue weighted by atomic mass is 9.75. The minimum absolute atomic E-state index is 0.221. The second-order valence-corrected chi connectivity index (χ2v) is 8.95. The van der Waals surface area contributed by atoms with E-state index >= 15 is 0 Å². The molecule has 1 rings (SSSR count). The summed E-state index contributed by atoms with van der Waals surface area (Å²) in [6.07, 6.45) is 3.56. The van der Waals surface area contributed by atoms with E-state index in [4.69, 9.17) is 5.53 Å². The molecule has 0 atom stereocenters. The second-order valence-electron chi connectivity index (χ2n) is 6.21. The number of azide groups is 1. The molecule has 0 heterocycles. The molecule has 0 N–H and O–H groups in total. The van der Waals surface area contributed by atoms with Gasteiger partial charge in [0, 0.05) is 10.3 Å². The van der Waals surface area contributed by atoms with Gasteiger partial charge in [0.1, 0.15) is 0 Å². The van der Waals surface area contributed by atoms with Crippen molar-refractivity contribution in [2.24, 2.45) is 10.5 Å². The van der Waals surface area contributed by atoms with Crippen LogP contribution in [0.25, 0.3) is 10.4 Å². The number of rotatable bonds is 3. The number of hydrogen-bond acceptors (Lipinski definition) is 3. The standard InChI is InChI=1S/C12H21N3O3S/c1-11(2,3)19(17,18)9-12(10(16)14-15-13)7-5-4-6-8-12/h4-9H2,1-3H3. The van der Waals surface area contributed by atoms with Gasteiger partial charge in [-0.15, -0.1) is 0 Å². The summed E-state index contributed by atoms with van der Waals surface area (Å²) >= 11 is 0. The molecule has 0 saturated heterocycles. The first-order valence-electron chi connectivity index (χ1n) is 6.46. The Kier molecular flexibility index (Phi) is 4.63. The molecule has 7 heteroatoms. The van der Waals surface area contributed by atoms with E-state index in [1.54, 1.807) is 20.8 Å². The maximum Gasteiger partial charge on any atom is 0.226 e. The third-order valence-corrected chi connectivity index (χ3v) is 6.60. The van der Waals surface area contributed by atoms with Crippen LogP contribution in [0.5, 0.6) is 0 Å². The van der Waals surface area contributed by atoms with Crippen LogP contribution >= 0.6 is 0 Å². The quantitative estimate of drug-likeness (QED) is 0.453. The van der Waals surface area contributed by atoms with E-state index in [0.717, 1.165) is 19.3 Å². The first kappa shape index (κ1) is 16.0. The first-order chi connectivity index (χ1) is 8.65. The van der Waals surface area contributed by atoms with Crippen molar-refractivity contribution in [2.75, 3.05) is 5.75 Å². The maximum absolute atomic E-state index is 12.3. The zero-order chi connectivity index (χ0) is 14.7. The molecule has 0 aliphatic heterocycles.